The Hall–Kier alpha value is -1.85. The van der Waals surface area contributed by atoms with Crippen LogP contribution in [0.25, 0.3) is 11.3 Å². The van der Waals surface area contributed by atoms with Crippen molar-refractivity contribution in [3.8, 4) is 11.3 Å². The SMILES string of the molecule is CC(C)C(CCO)NC(=O)c1cc(-c2ccccc2Cl)n[nH]1. The average molecular weight is 322 g/mol. The molecule has 1 aromatic carbocycles. The minimum absolute atomic E-state index is 0.0387. The lowest BCUT2D eigenvalue weighted by Crippen LogP contribution is -2.39. The highest BCUT2D eigenvalue weighted by molar-refractivity contribution is 6.33. The maximum atomic E-state index is 12.3. The number of nitrogens with one attached hydrogen (secondary N) is 2. The number of aromatic nitrogens is 2. The molecule has 1 atom stereocenters. The van der Waals surface area contributed by atoms with E-state index in [1.54, 1.807) is 12.1 Å². The van der Waals surface area contributed by atoms with Crippen LogP contribution in [0.1, 0.15) is 30.8 Å². The Morgan fingerprint density at radius 1 is 1.41 bits per heavy atom. The summed E-state index contributed by atoms with van der Waals surface area (Å²) in [7, 11) is 0. The first-order valence-electron chi connectivity index (χ1n) is 7.25. The van der Waals surface area contributed by atoms with Crippen molar-refractivity contribution >= 4 is 17.5 Å². The molecule has 0 fully saturated rings. The summed E-state index contributed by atoms with van der Waals surface area (Å²) in [5, 5.41) is 19.4. The second-order valence-electron chi connectivity index (χ2n) is 5.48. The molecule has 3 N–H and O–H groups in total. The predicted octanol–water partition coefficient (Wildman–Crippen LogP) is 2.87. The van der Waals surface area contributed by atoms with Crippen LogP contribution in [0.4, 0.5) is 0 Å². The summed E-state index contributed by atoms with van der Waals surface area (Å²) in [4.78, 5) is 12.3. The zero-order valence-electron chi connectivity index (χ0n) is 12.6. The largest absolute Gasteiger partial charge is 0.396 e. The van der Waals surface area contributed by atoms with Gasteiger partial charge in [0.2, 0.25) is 0 Å². The summed E-state index contributed by atoms with van der Waals surface area (Å²) < 4.78 is 0. The van der Waals surface area contributed by atoms with Crippen molar-refractivity contribution in [2.75, 3.05) is 6.61 Å². The molecule has 1 aromatic heterocycles. The predicted molar refractivity (Wildman–Crippen MR) is 86.8 cm³/mol. The topological polar surface area (TPSA) is 78.0 Å². The molecular formula is C16H20ClN3O2. The Morgan fingerprint density at radius 2 is 2.14 bits per heavy atom. The quantitative estimate of drug-likeness (QED) is 0.765. The lowest BCUT2D eigenvalue weighted by atomic mass is 10.0. The first kappa shape index (κ1) is 16.5. The molecule has 0 saturated carbocycles. The number of hydrogen-bond donors (Lipinski definition) is 3. The average Bonchev–Trinajstić information content (AvgIpc) is 2.96. The number of rotatable bonds is 6. The molecule has 118 valence electrons. The van der Waals surface area contributed by atoms with Crippen LogP contribution < -0.4 is 5.32 Å². The molecular weight excluding hydrogens is 302 g/mol. The van der Waals surface area contributed by atoms with Crippen LogP contribution in [-0.2, 0) is 0 Å². The molecule has 22 heavy (non-hydrogen) atoms. The fourth-order valence-electron chi connectivity index (χ4n) is 2.20. The fourth-order valence-corrected chi connectivity index (χ4v) is 2.43. The molecule has 2 rings (SSSR count). The number of halogens is 1. The summed E-state index contributed by atoms with van der Waals surface area (Å²) in [6.45, 7) is 4.04. The minimum Gasteiger partial charge on any atom is -0.396 e. The Labute approximate surface area is 134 Å². The van der Waals surface area contributed by atoms with Crippen LogP contribution in [0.15, 0.2) is 30.3 Å². The molecule has 0 aliphatic carbocycles. The number of hydrogen-bond acceptors (Lipinski definition) is 3. The summed E-state index contributed by atoms with van der Waals surface area (Å²) >= 11 is 6.13. The Bertz CT molecular complexity index is 640. The minimum atomic E-state index is -0.238. The molecule has 1 amide bonds. The van der Waals surface area contributed by atoms with E-state index >= 15 is 0 Å². The highest BCUT2D eigenvalue weighted by Crippen LogP contribution is 2.26. The number of nitrogens with zero attached hydrogens (tertiary/aromatic N) is 1. The highest BCUT2D eigenvalue weighted by atomic mass is 35.5. The number of aliphatic hydroxyl groups excluding tert-OH is 1. The number of benzene rings is 1. The van der Waals surface area contributed by atoms with Crippen LogP contribution in [0, 0.1) is 5.92 Å². The molecule has 1 heterocycles. The van der Waals surface area contributed by atoms with Gasteiger partial charge in [0.1, 0.15) is 5.69 Å². The first-order chi connectivity index (χ1) is 10.5. The van der Waals surface area contributed by atoms with Crippen LogP contribution in [0.5, 0.6) is 0 Å². The number of aliphatic hydroxyl groups is 1. The van der Waals surface area contributed by atoms with E-state index in [9.17, 15) is 4.79 Å². The van der Waals surface area contributed by atoms with Gasteiger partial charge in [-0.15, -0.1) is 0 Å². The third-order valence-corrected chi connectivity index (χ3v) is 3.86. The zero-order valence-corrected chi connectivity index (χ0v) is 13.4. The number of carbonyl (C=O) groups excluding carboxylic acids is 1. The zero-order chi connectivity index (χ0) is 16.1. The van der Waals surface area contributed by atoms with Gasteiger partial charge in [-0.3, -0.25) is 9.89 Å². The summed E-state index contributed by atoms with van der Waals surface area (Å²) in [6.07, 6.45) is 0.523. The van der Waals surface area contributed by atoms with Crippen molar-refractivity contribution in [3.05, 3.63) is 41.0 Å². The van der Waals surface area contributed by atoms with Crippen molar-refractivity contribution in [2.24, 2.45) is 5.92 Å². The fraction of sp³-hybridized carbons (Fsp3) is 0.375. The van der Waals surface area contributed by atoms with Crippen LogP contribution in [0.3, 0.4) is 0 Å². The van der Waals surface area contributed by atoms with E-state index in [4.69, 9.17) is 16.7 Å². The molecule has 0 spiro atoms. The van der Waals surface area contributed by atoms with E-state index in [0.717, 1.165) is 5.56 Å². The number of aromatic amines is 1. The smallest absolute Gasteiger partial charge is 0.269 e. The second-order valence-corrected chi connectivity index (χ2v) is 5.89. The molecule has 2 aromatic rings. The summed E-state index contributed by atoms with van der Waals surface area (Å²) in [5.41, 5.74) is 1.77. The van der Waals surface area contributed by atoms with E-state index in [1.165, 1.54) is 0 Å². The van der Waals surface area contributed by atoms with Crippen molar-refractivity contribution in [1.29, 1.82) is 0 Å². The first-order valence-corrected chi connectivity index (χ1v) is 7.62. The van der Waals surface area contributed by atoms with E-state index in [0.29, 0.717) is 22.8 Å². The van der Waals surface area contributed by atoms with Crippen LogP contribution in [0.2, 0.25) is 5.02 Å². The van der Waals surface area contributed by atoms with E-state index in [-0.39, 0.29) is 24.5 Å². The van der Waals surface area contributed by atoms with Gasteiger partial charge in [-0.05, 0) is 24.5 Å². The summed E-state index contributed by atoms with van der Waals surface area (Å²) in [5.74, 6) is 0.0000122. The standard InChI is InChI=1S/C16H20ClN3O2/c1-10(2)13(7-8-21)18-16(22)15-9-14(19-20-15)11-5-3-4-6-12(11)17/h3-6,9-10,13,21H,7-8H2,1-2H3,(H,18,22)(H,19,20). The van der Waals surface area contributed by atoms with Crippen molar-refractivity contribution in [1.82, 2.24) is 15.5 Å². The van der Waals surface area contributed by atoms with Gasteiger partial charge in [0.15, 0.2) is 0 Å². The molecule has 0 radical (unpaired) electrons. The van der Waals surface area contributed by atoms with Gasteiger partial charge in [0.05, 0.1) is 10.7 Å². The third kappa shape index (κ3) is 3.87. The van der Waals surface area contributed by atoms with Gasteiger partial charge in [0, 0.05) is 18.2 Å². The highest BCUT2D eigenvalue weighted by Gasteiger charge is 2.18. The number of H-pyrrole nitrogens is 1. The molecule has 1 unspecified atom stereocenters. The maximum Gasteiger partial charge on any atom is 0.269 e. The van der Waals surface area contributed by atoms with Gasteiger partial charge in [-0.1, -0.05) is 43.6 Å². The monoisotopic (exact) mass is 321 g/mol. The number of carbonyl (C=O) groups is 1. The molecule has 6 heteroatoms. The van der Waals surface area contributed by atoms with Gasteiger partial charge in [-0.2, -0.15) is 5.10 Å². The van der Waals surface area contributed by atoms with E-state index in [2.05, 4.69) is 15.5 Å². The third-order valence-electron chi connectivity index (χ3n) is 3.53. The van der Waals surface area contributed by atoms with Crippen molar-refractivity contribution in [3.63, 3.8) is 0 Å². The van der Waals surface area contributed by atoms with Gasteiger partial charge >= 0.3 is 0 Å². The van der Waals surface area contributed by atoms with Crippen LogP contribution in [-0.4, -0.2) is 33.9 Å². The van der Waals surface area contributed by atoms with E-state index < -0.39 is 0 Å². The molecule has 0 aliphatic rings. The Balaban J connectivity index is 2.14. The van der Waals surface area contributed by atoms with Crippen molar-refractivity contribution in [2.45, 2.75) is 26.3 Å². The normalized spacial score (nSPS) is 12.4. The Morgan fingerprint density at radius 3 is 2.77 bits per heavy atom. The number of amides is 1. The molecule has 0 bridgehead atoms. The van der Waals surface area contributed by atoms with E-state index in [1.807, 2.05) is 32.0 Å². The second kappa shape index (κ2) is 7.42. The maximum absolute atomic E-state index is 12.3. The van der Waals surface area contributed by atoms with Gasteiger partial charge in [-0.25, -0.2) is 0 Å². The lowest BCUT2D eigenvalue weighted by Gasteiger charge is -2.20. The van der Waals surface area contributed by atoms with Gasteiger partial charge < -0.3 is 10.4 Å². The van der Waals surface area contributed by atoms with Crippen LogP contribution >= 0.6 is 11.6 Å². The molecule has 5 nitrogen and oxygen atoms in total. The molecule has 0 aliphatic heterocycles. The lowest BCUT2D eigenvalue weighted by molar-refractivity contribution is 0.0911. The molecule has 0 saturated heterocycles. The summed E-state index contributed by atoms with van der Waals surface area (Å²) in [6, 6.07) is 8.93. The Kier molecular flexibility index (Phi) is 5.57. The van der Waals surface area contributed by atoms with Gasteiger partial charge in [0.25, 0.3) is 5.91 Å². The van der Waals surface area contributed by atoms with Crippen molar-refractivity contribution < 1.29 is 9.90 Å².